The average molecular weight is 725 g/mol. The van der Waals surface area contributed by atoms with Crippen molar-refractivity contribution in [2.75, 3.05) is 4.90 Å². The van der Waals surface area contributed by atoms with Crippen molar-refractivity contribution in [1.29, 1.82) is 0 Å². The van der Waals surface area contributed by atoms with Crippen LogP contribution < -0.4 is 4.90 Å². The predicted octanol–water partition coefficient (Wildman–Crippen LogP) is 14.8. The Hall–Kier alpha value is -7.15. The van der Waals surface area contributed by atoms with Crippen LogP contribution in [0.5, 0.6) is 0 Å². The van der Waals surface area contributed by atoms with Gasteiger partial charge in [-0.1, -0.05) is 84.9 Å². The summed E-state index contributed by atoms with van der Waals surface area (Å²) in [6, 6.07) is 59.1. The number of furan rings is 3. The molecule has 0 unspecified atom stereocenters. The minimum absolute atomic E-state index is 0.847. The molecular formula is C49H28N2O3S. The van der Waals surface area contributed by atoms with Crippen molar-refractivity contribution in [2.45, 2.75) is 0 Å². The number of thiazole rings is 1. The summed E-state index contributed by atoms with van der Waals surface area (Å²) in [5.41, 5.74) is 12.6. The molecule has 5 nitrogen and oxygen atoms in total. The molecule has 12 rings (SSSR count). The first-order valence-electron chi connectivity index (χ1n) is 18.3. The Labute approximate surface area is 317 Å². The molecule has 8 aromatic carbocycles. The topological polar surface area (TPSA) is 55.6 Å². The summed E-state index contributed by atoms with van der Waals surface area (Å²) in [5, 5.41) is 7.48. The Bertz CT molecular complexity index is 3330. The maximum Gasteiger partial charge on any atom is 0.137 e. The molecule has 0 bridgehead atoms. The summed E-state index contributed by atoms with van der Waals surface area (Å²) in [6.07, 6.45) is 0. The second-order valence-corrected chi connectivity index (χ2v) is 15.0. The fourth-order valence-electron chi connectivity index (χ4n) is 8.09. The molecule has 0 N–H and O–H groups in total. The second kappa shape index (κ2) is 11.7. The van der Waals surface area contributed by atoms with Crippen molar-refractivity contribution < 1.29 is 13.3 Å². The Balaban J connectivity index is 0.989. The van der Waals surface area contributed by atoms with Gasteiger partial charge in [-0.25, -0.2) is 4.98 Å². The van der Waals surface area contributed by atoms with Crippen LogP contribution in [-0.2, 0) is 0 Å². The zero-order valence-electron chi connectivity index (χ0n) is 29.2. The molecule has 4 heterocycles. The van der Waals surface area contributed by atoms with Crippen LogP contribution in [0.4, 0.5) is 17.1 Å². The molecule has 0 fully saturated rings. The van der Waals surface area contributed by atoms with Crippen LogP contribution in [0.1, 0.15) is 0 Å². The molecule has 0 radical (unpaired) electrons. The van der Waals surface area contributed by atoms with Gasteiger partial charge in [0.15, 0.2) is 0 Å². The molecule has 0 saturated carbocycles. The third-order valence-electron chi connectivity index (χ3n) is 10.7. The lowest BCUT2D eigenvalue weighted by molar-refractivity contribution is 0.668. The standard InChI is InChI=1S/C49H28N2O3S/c1-2-8-30(9-3-1)49-50-48-46(55-49)25-24-45-47(48)39-26-31(16-21-44(39)54-45)29-14-17-32(18-15-29)51(33-19-22-42-37(27-33)35-10-4-6-12-40(35)52-42)34-20-23-43-38(28-34)36-11-5-7-13-41(36)53-43/h1-28H. The van der Waals surface area contributed by atoms with Crippen LogP contribution in [0.3, 0.4) is 0 Å². The zero-order valence-corrected chi connectivity index (χ0v) is 30.0. The third kappa shape index (κ3) is 4.75. The number of hydrogen-bond donors (Lipinski definition) is 0. The van der Waals surface area contributed by atoms with Crippen molar-refractivity contribution in [3.05, 3.63) is 170 Å². The van der Waals surface area contributed by atoms with Crippen LogP contribution in [0.2, 0.25) is 0 Å². The van der Waals surface area contributed by atoms with E-state index in [2.05, 4.69) is 144 Å². The van der Waals surface area contributed by atoms with Gasteiger partial charge in [-0.3, -0.25) is 0 Å². The molecule has 0 amide bonds. The van der Waals surface area contributed by atoms with E-state index in [0.29, 0.717) is 0 Å². The maximum atomic E-state index is 6.36. The smallest absolute Gasteiger partial charge is 0.137 e. The van der Waals surface area contributed by atoms with Crippen LogP contribution >= 0.6 is 11.3 Å². The van der Waals surface area contributed by atoms with Crippen LogP contribution in [0, 0.1) is 0 Å². The van der Waals surface area contributed by atoms with E-state index < -0.39 is 0 Å². The minimum Gasteiger partial charge on any atom is -0.456 e. The highest BCUT2D eigenvalue weighted by molar-refractivity contribution is 7.21. The Kier molecular flexibility index (Phi) is 6.44. The highest BCUT2D eigenvalue weighted by atomic mass is 32.1. The highest BCUT2D eigenvalue weighted by Gasteiger charge is 2.19. The number of para-hydroxylation sites is 2. The molecule has 0 atom stereocenters. The summed E-state index contributed by atoms with van der Waals surface area (Å²) in [6.45, 7) is 0. The number of nitrogens with zero attached hydrogens (tertiary/aromatic N) is 2. The maximum absolute atomic E-state index is 6.36. The van der Waals surface area contributed by atoms with Gasteiger partial charge in [-0.15, -0.1) is 11.3 Å². The Morgan fingerprint density at radius 3 is 1.60 bits per heavy atom. The van der Waals surface area contributed by atoms with E-state index in [-0.39, 0.29) is 0 Å². The van der Waals surface area contributed by atoms with E-state index in [1.165, 1.54) is 0 Å². The number of hydrogen-bond acceptors (Lipinski definition) is 6. The molecule has 0 aliphatic carbocycles. The third-order valence-corrected chi connectivity index (χ3v) is 11.8. The first-order chi connectivity index (χ1) is 27.2. The fourth-order valence-corrected chi connectivity index (χ4v) is 9.07. The van der Waals surface area contributed by atoms with Gasteiger partial charge in [0.1, 0.15) is 38.5 Å². The summed E-state index contributed by atoms with van der Waals surface area (Å²) in [4.78, 5) is 7.44. The zero-order chi connectivity index (χ0) is 36.0. The van der Waals surface area contributed by atoms with E-state index in [9.17, 15) is 0 Å². The number of aromatic nitrogens is 1. The number of benzene rings is 8. The summed E-state index contributed by atoms with van der Waals surface area (Å²) >= 11 is 1.71. The summed E-state index contributed by atoms with van der Waals surface area (Å²) < 4.78 is 19.9. The van der Waals surface area contributed by atoms with Gasteiger partial charge in [0.25, 0.3) is 0 Å². The van der Waals surface area contributed by atoms with Gasteiger partial charge in [0.2, 0.25) is 0 Å². The van der Waals surface area contributed by atoms with Gasteiger partial charge >= 0.3 is 0 Å². The van der Waals surface area contributed by atoms with E-state index in [1.54, 1.807) is 11.3 Å². The lowest BCUT2D eigenvalue weighted by atomic mass is 10.0. The molecule has 55 heavy (non-hydrogen) atoms. The lowest BCUT2D eigenvalue weighted by Crippen LogP contribution is -2.09. The van der Waals surface area contributed by atoms with Gasteiger partial charge in [0, 0.05) is 49.6 Å². The van der Waals surface area contributed by atoms with Gasteiger partial charge in [-0.05, 0) is 96.1 Å². The largest absolute Gasteiger partial charge is 0.456 e. The van der Waals surface area contributed by atoms with Crippen LogP contribution in [-0.4, -0.2) is 4.98 Å². The van der Waals surface area contributed by atoms with E-state index in [4.69, 9.17) is 18.2 Å². The monoisotopic (exact) mass is 724 g/mol. The fraction of sp³-hybridized carbons (Fsp3) is 0. The normalized spacial score (nSPS) is 12.0. The van der Waals surface area contributed by atoms with Crippen molar-refractivity contribution in [1.82, 2.24) is 4.98 Å². The number of anilines is 3. The van der Waals surface area contributed by atoms with Crippen molar-refractivity contribution in [3.63, 3.8) is 0 Å². The van der Waals surface area contributed by atoms with E-state index in [1.807, 2.05) is 30.3 Å². The lowest BCUT2D eigenvalue weighted by Gasteiger charge is -2.26. The molecular weight excluding hydrogens is 697 g/mol. The van der Waals surface area contributed by atoms with Crippen molar-refractivity contribution in [3.8, 4) is 21.7 Å². The Morgan fingerprint density at radius 2 is 0.909 bits per heavy atom. The van der Waals surface area contributed by atoms with Gasteiger partial charge in [0.05, 0.1) is 15.6 Å². The number of rotatable bonds is 5. The van der Waals surface area contributed by atoms with E-state index in [0.717, 1.165) is 115 Å². The van der Waals surface area contributed by atoms with Gasteiger partial charge in [-0.2, -0.15) is 0 Å². The summed E-state index contributed by atoms with van der Waals surface area (Å²) in [7, 11) is 0. The summed E-state index contributed by atoms with van der Waals surface area (Å²) in [5.74, 6) is 0. The average Bonchev–Trinajstić information content (AvgIpc) is 4.02. The number of fused-ring (bicyclic) bond motifs is 11. The molecule has 12 aromatic rings. The molecule has 0 aliphatic heterocycles. The van der Waals surface area contributed by atoms with Crippen LogP contribution in [0.15, 0.2) is 183 Å². The SMILES string of the molecule is c1ccc(-c2nc3c(ccc4oc5ccc(-c6ccc(N(c7ccc8oc9ccccc9c8c7)c7ccc8oc9ccccc9c8c7)cc6)cc5c43)s2)cc1. The molecule has 6 heteroatoms. The quantitative estimate of drug-likeness (QED) is 0.177. The molecule has 0 spiro atoms. The molecule has 4 aromatic heterocycles. The van der Waals surface area contributed by atoms with Gasteiger partial charge < -0.3 is 18.2 Å². The molecule has 0 aliphatic rings. The van der Waals surface area contributed by atoms with Crippen molar-refractivity contribution in [2.24, 2.45) is 0 Å². The minimum atomic E-state index is 0.847. The van der Waals surface area contributed by atoms with E-state index >= 15 is 0 Å². The first-order valence-corrected chi connectivity index (χ1v) is 19.1. The van der Waals surface area contributed by atoms with Crippen LogP contribution in [0.25, 0.3) is 97.7 Å². The highest BCUT2D eigenvalue weighted by Crippen LogP contribution is 2.43. The van der Waals surface area contributed by atoms with Crippen molar-refractivity contribution >= 4 is 104 Å². The second-order valence-electron chi connectivity index (χ2n) is 13.9. The molecule has 0 saturated heterocycles. The first kappa shape index (κ1) is 30.3. The Morgan fingerprint density at radius 1 is 0.382 bits per heavy atom. The predicted molar refractivity (Wildman–Crippen MR) is 227 cm³/mol. The molecule has 258 valence electrons.